The molecule has 3 heterocycles. The standard InChI is InChI=1S/C18H13ClFN7/c1-11-3-2-4-12(7-11)8-23-26-16-15-17(25-18(19)24-16)27(10-22-15)14-6-5-13(20)9-21-14/h2-10H,1H3,(H,24,25,26). The van der Waals surface area contributed by atoms with Crippen molar-refractivity contribution in [1.82, 2.24) is 24.5 Å². The van der Waals surface area contributed by atoms with Crippen molar-refractivity contribution in [3.63, 3.8) is 0 Å². The summed E-state index contributed by atoms with van der Waals surface area (Å²) in [5, 5.41) is 4.23. The molecule has 4 rings (SSSR count). The average Bonchev–Trinajstić information content (AvgIpc) is 3.06. The molecule has 0 spiro atoms. The first kappa shape index (κ1) is 17.0. The maximum absolute atomic E-state index is 13.1. The van der Waals surface area contributed by atoms with Crippen molar-refractivity contribution in [1.29, 1.82) is 0 Å². The largest absolute Gasteiger partial charge is 0.267 e. The van der Waals surface area contributed by atoms with E-state index < -0.39 is 5.82 Å². The highest BCUT2D eigenvalue weighted by molar-refractivity contribution is 6.28. The van der Waals surface area contributed by atoms with E-state index >= 15 is 0 Å². The van der Waals surface area contributed by atoms with Crippen molar-refractivity contribution in [3.8, 4) is 5.82 Å². The van der Waals surface area contributed by atoms with E-state index in [2.05, 4.69) is 30.5 Å². The number of hydrogen-bond donors (Lipinski definition) is 1. The normalized spacial score (nSPS) is 11.4. The second-order valence-corrected chi connectivity index (χ2v) is 6.08. The van der Waals surface area contributed by atoms with Crippen molar-refractivity contribution in [2.45, 2.75) is 6.92 Å². The van der Waals surface area contributed by atoms with Crippen molar-refractivity contribution in [3.05, 3.63) is 71.2 Å². The Labute approximate surface area is 158 Å². The van der Waals surface area contributed by atoms with Gasteiger partial charge in [0.15, 0.2) is 17.0 Å². The minimum atomic E-state index is -0.427. The van der Waals surface area contributed by atoms with Gasteiger partial charge >= 0.3 is 0 Å². The lowest BCUT2D eigenvalue weighted by molar-refractivity contribution is 0.620. The summed E-state index contributed by atoms with van der Waals surface area (Å²) in [4.78, 5) is 16.7. The van der Waals surface area contributed by atoms with Crippen LogP contribution in [0, 0.1) is 12.7 Å². The van der Waals surface area contributed by atoms with Gasteiger partial charge in [0, 0.05) is 0 Å². The fourth-order valence-electron chi connectivity index (χ4n) is 2.55. The number of nitrogens with one attached hydrogen (secondary N) is 1. The van der Waals surface area contributed by atoms with Gasteiger partial charge in [-0.1, -0.05) is 29.8 Å². The molecule has 0 aliphatic carbocycles. The minimum absolute atomic E-state index is 0.0274. The van der Waals surface area contributed by atoms with Crippen LogP contribution in [-0.2, 0) is 0 Å². The second-order valence-electron chi connectivity index (χ2n) is 5.75. The number of aromatic nitrogens is 5. The molecule has 0 atom stereocenters. The van der Waals surface area contributed by atoms with Gasteiger partial charge in [-0.2, -0.15) is 15.1 Å². The molecule has 0 aliphatic rings. The number of imidazole rings is 1. The third-order valence-corrected chi connectivity index (χ3v) is 3.92. The van der Waals surface area contributed by atoms with Crippen LogP contribution < -0.4 is 5.43 Å². The van der Waals surface area contributed by atoms with Crippen molar-refractivity contribution < 1.29 is 4.39 Å². The fourth-order valence-corrected chi connectivity index (χ4v) is 2.71. The Morgan fingerprint density at radius 3 is 2.85 bits per heavy atom. The molecule has 0 bridgehead atoms. The lowest BCUT2D eigenvalue weighted by Gasteiger charge is -2.04. The summed E-state index contributed by atoms with van der Waals surface area (Å²) < 4.78 is 14.7. The zero-order valence-electron chi connectivity index (χ0n) is 14.1. The summed E-state index contributed by atoms with van der Waals surface area (Å²) in [6.07, 6.45) is 4.31. The molecule has 0 saturated heterocycles. The summed E-state index contributed by atoms with van der Waals surface area (Å²) in [7, 11) is 0. The Morgan fingerprint density at radius 2 is 2.07 bits per heavy atom. The molecule has 0 amide bonds. The molecule has 0 aliphatic heterocycles. The van der Waals surface area contributed by atoms with Crippen molar-refractivity contribution >= 4 is 34.8 Å². The molecule has 0 saturated carbocycles. The lowest BCUT2D eigenvalue weighted by atomic mass is 10.2. The molecule has 7 nitrogen and oxygen atoms in total. The molecule has 27 heavy (non-hydrogen) atoms. The van der Waals surface area contributed by atoms with Crippen LogP contribution >= 0.6 is 11.6 Å². The molecule has 3 aromatic heterocycles. The third kappa shape index (κ3) is 3.61. The quantitative estimate of drug-likeness (QED) is 0.331. The maximum atomic E-state index is 13.1. The number of hydrogen-bond acceptors (Lipinski definition) is 6. The number of pyridine rings is 1. The maximum Gasteiger partial charge on any atom is 0.226 e. The Hall–Kier alpha value is -3.39. The molecule has 9 heteroatoms. The van der Waals surface area contributed by atoms with Crippen LogP contribution in [0.15, 0.2) is 54.0 Å². The first-order valence-corrected chi connectivity index (χ1v) is 8.36. The van der Waals surface area contributed by atoms with E-state index in [1.54, 1.807) is 10.8 Å². The van der Waals surface area contributed by atoms with Crippen molar-refractivity contribution in [2.75, 3.05) is 5.43 Å². The third-order valence-electron chi connectivity index (χ3n) is 3.75. The predicted molar refractivity (Wildman–Crippen MR) is 102 cm³/mol. The highest BCUT2D eigenvalue weighted by Gasteiger charge is 2.14. The van der Waals surface area contributed by atoms with Gasteiger partial charge in [0.25, 0.3) is 0 Å². The van der Waals surface area contributed by atoms with Crippen molar-refractivity contribution in [2.24, 2.45) is 5.10 Å². The Balaban J connectivity index is 1.68. The topological polar surface area (TPSA) is 80.9 Å². The van der Waals surface area contributed by atoms with E-state index in [1.807, 2.05) is 31.2 Å². The number of aryl methyl sites for hydroxylation is 1. The van der Waals surface area contributed by atoms with Gasteiger partial charge in [0.2, 0.25) is 5.28 Å². The average molecular weight is 382 g/mol. The number of anilines is 1. The number of benzene rings is 1. The number of hydrazone groups is 1. The minimum Gasteiger partial charge on any atom is -0.267 e. The Morgan fingerprint density at radius 1 is 1.19 bits per heavy atom. The van der Waals surface area contributed by atoms with Crippen LogP contribution in [0.2, 0.25) is 5.28 Å². The Bertz CT molecular complexity index is 1140. The van der Waals surface area contributed by atoms with Crippen LogP contribution in [-0.4, -0.2) is 30.7 Å². The number of rotatable bonds is 4. The molecule has 1 N–H and O–H groups in total. The van der Waals surface area contributed by atoms with Gasteiger partial charge in [0.1, 0.15) is 18.0 Å². The van der Waals surface area contributed by atoms with Gasteiger partial charge in [-0.3, -0.25) is 9.99 Å². The summed E-state index contributed by atoms with van der Waals surface area (Å²) in [6, 6.07) is 10.7. The number of nitrogens with zero attached hydrogens (tertiary/aromatic N) is 6. The van der Waals surface area contributed by atoms with Gasteiger partial charge in [-0.25, -0.2) is 14.4 Å². The molecule has 1 aromatic carbocycles. The van der Waals surface area contributed by atoms with Crippen LogP contribution in [0.25, 0.3) is 17.0 Å². The van der Waals surface area contributed by atoms with E-state index in [9.17, 15) is 4.39 Å². The first-order chi connectivity index (χ1) is 13.1. The molecule has 0 radical (unpaired) electrons. The molecule has 0 fully saturated rings. The molecular weight excluding hydrogens is 369 g/mol. The van der Waals surface area contributed by atoms with Gasteiger partial charge < -0.3 is 0 Å². The van der Waals surface area contributed by atoms with E-state index in [1.165, 1.54) is 18.5 Å². The molecule has 134 valence electrons. The van der Waals surface area contributed by atoms with Crippen LogP contribution in [0.4, 0.5) is 10.2 Å². The zero-order chi connectivity index (χ0) is 18.8. The summed E-state index contributed by atoms with van der Waals surface area (Å²) in [6.45, 7) is 2.01. The van der Waals surface area contributed by atoms with E-state index in [4.69, 9.17) is 11.6 Å². The monoisotopic (exact) mass is 381 g/mol. The van der Waals surface area contributed by atoms with Gasteiger partial charge in [0.05, 0.1) is 12.4 Å². The van der Waals surface area contributed by atoms with Crippen LogP contribution in [0.1, 0.15) is 11.1 Å². The molecule has 0 unspecified atom stereocenters. The van der Waals surface area contributed by atoms with E-state index in [0.29, 0.717) is 22.8 Å². The van der Waals surface area contributed by atoms with E-state index in [-0.39, 0.29) is 5.28 Å². The van der Waals surface area contributed by atoms with Gasteiger partial charge in [-0.05, 0) is 36.2 Å². The summed E-state index contributed by atoms with van der Waals surface area (Å²) in [5.41, 5.74) is 5.83. The van der Waals surface area contributed by atoms with Crippen LogP contribution in [0.5, 0.6) is 0 Å². The second kappa shape index (κ2) is 7.08. The predicted octanol–water partition coefficient (Wildman–Crippen LogP) is 3.76. The number of fused-ring (bicyclic) bond motifs is 1. The Kier molecular flexibility index (Phi) is 4.47. The zero-order valence-corrected chi connectivity index (χ0v) is 14.9. The molecule has 4 aromatic rings. The molecular formula is C18H13ClFN7. The highest BCUT2D eigenvalue weighted by atomic mass is 35.5. The van der Waals surface area contributed by atoms with Gasteiger partial charge in [-0.15, -0.1) is 0 Å². The van der Waals surface area contributed by atoms with Crippen LogP contribution in [0.3, 0.4) is 0 Å². The lowest BCUT2D eigenvalue weighted by Crippen LogP contribution is -2.00. The summed E-state index contributed by atoms with van der Waals surface area (Å²) in [5.74, 6) is 0.390. The first-order valence-electron chi connectivity index (χ1n) is 7.98. The smallest absolute Gasteiger partial charge is 0.226 e. The fraction of sp³-hybridized carbons (Fsp3) is 0.0556. The number of halogens is 2. The highest BCUT2D eigenvalue weighted by Crippen LogP contribution is 2.23. The SMILES string of the molecule is Cc1cccc(C=NNc2nc(Cl)nc3c2ncn3-c2ccc(F)cn2)c1. The summed E-state index contributed by atoms with van der Waals surface area (Å²) >= 11 is 6.05. The van der Waals surface area contributed by atoms with E-state index in [0.717, 1.165) is 17.3 Å².